The minimum Gasteiger partial charge on any atom is -0.492 e. The fourth-order valence-electron chi connectivity index (χ4n) is 3.09. The molecule has 3 rings (SSSR count). The molecule has 6 nitrogen and oxygen atoms in total. The van der Waals surface area contributed by atoms with Crippen LogP contribution in [0, 0.1) is 5.82 Å². The Balaban J connectivity index is 1.46. The molecule has 2 heterocycles. The van der Waals surface area contributed by atoms with Crippen LogP contribution in [-0.2, 0) is 4.74 Å². The van der Waals surface area contributed by atoms with Gasteiger partial charge in [0.15, 0.2) is 5.96 Å². The number of morpholine rings is 1. The van der Waals surface area contributed by atoms with Crippen LogP contribution in [0.2, 0.25) is 0 Å². The number of nitrogens with zero attached hydrogens (tertiary/aromatic N) is 2. The van der Waals surface area contributed by atoms with E-state index in [4.69, 9.17) is 9.47 Å². The number of halogens is 1. The minimum atomic E-state index is -0.300. The van der Waals surface area contributed by atoms with Gasteiger partial charge >= 0.3 is 0 Å². The second-order valence-electron chi connectivity index (χ2n) is 6.37. The van der Waals surface area contributed by atoms with E-state index in [1.165, 1.54) is 17.0 Å². The molecule has 1 aliphatic heterocycles. The van der Waals surface area contributed by atoms with Crippen molar-refractivity contribution in [3.8, 4) is 5.75 Å². The summed E-state index contributed by atoms with van der Waals surface area (Å²) >= 11 is 1.77. The van der Waals surface area contributed by atoms with Gasteiger partial charge in [-0.2, -0.15) is 0 Å². The molecule has 1 fully saturated rings. The lowest BCUT2D eigenvalue weighted by Gasteiger charge is -2.34. The van der Waals surface area contributed by atoms with E-state index >= 15 is 0 Å². The summed E-state index contributed by atoms with van der Waals surface area (Å²) in [6.45, 7) is 5.14. The van der Waals surface area contributed by atoms with Crippen molar-refractivity contribution < 1.29 is 13.9 Å². The van der Waals surface area contributed by atoms with Gasteiger partial charge < -0.3 is 20.1 Å². The van der Waals surface area contributed by atoms with Gasteiger partial charge in [-0.05, 0) is 23.6 Å². The Morgan fingerprint density at radius 1 is 1.29 bits per heavy atom. The molecule has 0 aliphatic carbocycles. The molecule has 1 aromatic heterocycles. The van der Waals surface area contributed by atoms with Crippen LogP contribution in [0.3, 0.4) is 0 Å². The monoisotopic (exact) mass is 406 g/mol. The standard InChI is InChI=1S/C20H27FN4O2S/c1-22-20(23-7-10-27-17-5-2-4-16(21)14-17)24-15-18(19-6-3-13-28-19)25-8-11-26-12-9-25/h2-6,13-14,18H,7-12,15H2,1H3,(H2,22,23,24). The molecule has 28 heavy (non-hydrogen) atoms. The normalized spacial score (nSPS) is 16.6. The Morgan fingerprint density at radius 3 is 2.86 bits per heavy atom. The third-order valence-corrected chi connectivity index (χ3v) is 5.48. The number of ether oxygens (including phenoxy) is 2. The minimum absolute atomic E-state index is 0.283. The number of nitrogens with one attached hydrogen (secondary N) is 2. The van der Waals surface area contributed by atoms with Crippen molar-refractivity contribution >= 4 is 17.3 Å². The Morgan fingerprint density at radius 2 is 2.14 bits per heavy atom. The molecule has 152 valence electrons. The van der Waals surface area contributed by atoms with Gasteiger partial charge in [0.2, 0.25) is 0 Å². The molecule has 1 aliphatic rings. The molecule has 2 N–H and O–H groups in total. The fraction of sp³-hybridized carbons (Fsp3) is 0.450. The van der Waals surface area contributed by atoms with Crippen molar-refractivity contribution in [1.82, 2.24) is 15.5 Å². The van der Waals surface area contributed by atoms with E-state index in [1.807, 2.05) is 0 Å². The van der Waals surface area contributed by atoms with E-state index < -0.39 is 0 Å². The summed E-state index contributed by atoms with van der Waals surface area (Å²) in [6, 6.07) is 10.7. The van der Waals surface area contributed by atoms with Gasteiger partial charge in [0, 0.05) is 37.6 Å². The molecule has 0 saturated carbocycles. The van der Waals surface area contributed by atoms with E-state index in [0.29, 0.717) is 18.9 Å². The number of hydrogen-bond donors (Lipinski definition) is 2. The zero-order valence-electron chi connectivity index (χ0n) is 16.1. The first kappa shape index (κ1) is 20.6. The van der Waals surface area contributed by atoms with Crippen LogP contribution < -0.4 is 15.4 Å². The summed E-state index contributed by atoms with van der Waals surface area (Å²) in [5, 5.41) is 8.76. The summed E-state index contributed by atoms with van der Waals surface area (Å²) in [5.41, 5.74) is 0. The zero-order valence-corrected chi connectivity index (χ0v) is 16.9. The average Bonchev–Trinajstić information content (AvgIpc) is 3.25. The summed E-state index contributed by atoms with van der Waals surface area (Å²) in [6.07, 6.45) is 0. The first-order chi connectivity index (χ1) is 13.8. The highest BCUT2D eigenvalue weighted by Gasteiger charge is 2.23. The highest BCUT2D eigenvalue weighted by Crippen LogP contribution is 2.25. The lowest BCUT2D eigenvalue weighted by Crippen LogP contribution is -2.46. The first-order valence-electron chi connectivity index (χ1n) is 9.44. The Hall–Kier alpha value is -2.16. The van der Waals surface area contributed by atoms with E-state index in [9.17, 15) is 4.39 Å². The van der Waals surface area contributed by atoms with Gasteiger partial charge in [-0.25, -0.2) is 4.39 Å². The number of hydrogen-bond acceptors (Lipinski definition) is 5. The Kier molecular flexibility index (Phi) is 8.07. The molecule has 1 saturated heterocycles. The van der Waals surface area contributed by atoms with Crippen molar-refractivity contribution in [3.05, 3.63) is 52.5 Å². The third-order valence-electron chi connectivity index (χ3n) is 4.50. The highest BCUT2D eigenvalue weighted by molar-refractivity contribution is 7.10. The van der Waals surface area contributed by atoms with E-state index in [2.05, 4.69) is 38.0 Å². The van der Waals surface area contributed by atoms with Crippen molar-refractivity contribution in [1.29, 1.82) is 0 Å². The van der Waals surface area contributed by atoms with Gasteiger partial charge in [-0.3, -0.25) is 9.89 Å². The predicted molar refractivity (Wildman–Crippen MR) is 111 cm³/mol. The van der Waals surface area contributed by atoms with Gasteiger partial charge in [0.1, 0.15) is 18.2 Å². The molecular weight excluding hydrogens is 379 g/mol. The van der Waals surface area contributed by atoms with Crippen LogP contribution in [0.15, 0.2) is 46.8 Å². The molecular formula is C20H27FN4O2S. The second kappa shape index (κ2) is 11.0. The Labute approximate surface area is 169 Å². The van der Waals surface area contributed by atoms with E-state index in [-0.39, 0.29) is 11.9 Å². The number of rotatable bonds is 8. The zero-order chi connectivity index (χ0) is 19.6. The highest BCUT2D eigenvalue weighted by atomic mass is 32.1. The number of guanidine groups is 1. The van der Waals surface area contributed by atoms with Crippen LogP contribution in [0.25, 0.3) is 0 Å². The van der Waals surface area contributed by atoms with Crippen LogP contribution in [-0.4, -0.2) is 63.9 Å². The van der Waals surface area contributed by atoms with Gasteiger partial charge in [-0.15, -0.1) is 11.3 Å². The molecule has 1 atom stereocenters. The fourth-order valence-corrected chi connectivity index (χ4v) is 3.95. The van der Waals surface area contributed by atoms with Gasteiger partial charge in [0.05, 0.1) is 25.8 Å². The van der Waals surface area contributed by atoms with E-state index in [0.717, 1.165) is 38.8 Å². The van der Waals surface area contributed by atoms with Crippen molar-refractivity contribution in [3.63, 3.8) is 0 Å². The molecule has 1 aromatic carbocycles. The largest absolute Gasteiger partial charge is 0.492 e. The van der Waals surface area contributed by atoms with Crippen LogP contribution in [0.5, 0.6) is 5.75 Å². The number of benzene rings is 1. The molecule has 1 unspecified atom stereocenters. The maximum Gasteiger partial charge on any atom is 0.191 e. The summed E-state index contributed by atoms with van der Waals surface area (Å²) in [5.74, 6) is 0.943. The molecule has 0 bridgehead atoms. The summed E-state index contributed by atoms with van der Waals surface area (Å²) < 4.78 is 24.2. The quantitative estimate of drug-likeness (QED) is 0.401. The SMILES string of the molecule is CN=C(NCCOc1cccc(F)c1)NCC(c1cccs1)N1CCOCC1. The van der Waals surface area contributed by atoms with Crippen LogP contribution in [0.4, 0.5) is 4.39 Å². The first-order valence-corrected chi connectivity index (χ1v) is 10.3. The van der Waals surface area contributed by atoms with Crippen molar-refractivity contribution in [2.75, 3.05) is 53.0 Å². The lowest BCUT2D eigenvalue weighted by molar-refractivity contribution is 0.0177. The molecule has 8 heteroatoms. The maximum atomic E-state index is 13.2. The molecule has 0 spiro atoms. The summed E-state index contributed by atoms with van der Waals surface area (Å²) in [4.78, 5) is 8.06. The molecule has 2 aromatic rings. The number of aliphatic imine (C=N–C) groups is 1. The third kappa shape index (κ3) is 6.19. The van der Waals surface area contributed by atoms with Gasteiger partial charge in [-0.1, -0.05) is 12.1 Å². The molecule has 0 amide bonds. The van der Waals surface area contributed by atoms with Crippen LogP contribution >= 0.6 is 11.3 Å². The van der Waals surface area contributed by atoms with Gasteiger partial charge in [0.25, 0.3) is 0 Å². The smallest absolute Gasteiger partial charge is 0.191 e. The van der Waals surface area contributed by atoms with E-state index in [1.54, 1.807) is 30.5 Å². The topological polar surface area (TPSA) is 58.1 Å². The second-order valence-corrected chi connectivity index (χ2v) is 7.34. The van der Waals surface area contributed by atoms with Crippen molar-refractivity contribution in [2.24, 2.45) is 4.99 Å². The summed E-state index contributed by atoms with van der Waals surface area (Å²) in [7, 11) is 1.75. The maximum absolute atomic E-state index is 13.2. The Bertz CT molecular complexity index is 736. The predicted octanol–water partition coefficient (Wildman–Crippen LogP) is 2.50. The average molecular weight is 407 g/mol. The number of thiophene rings is 1. The molecule has 0 radical (unpaired) electrons. The van der Waals surface area contributed by atoms with Crippen LogP contribution in [0.1, 0.15) is 10.9 Å². The van der Waals surface area contributed by atoms with Crippen molar-refractivity contribution in [2.45, 2.75) is 6.04 Å². The lowest BCUT2D eigenvalue weighted by atomic mass is 10.2.